The molecule has 124 valence electrons. The third-order valence-corrected chi connectivity index (χ3v) is 6.18. The van der Waals surface area contributed by atoms with Gasteiger partial charge >= 0.3 is 0 Å². The maximum atomic E-state index is 12.4. The van der Waals surface area contributed by atoms with Crippen molar-refractivity contribution in [2.45, 2.75) is 10.9 Å². The Kier molecular flexibility index (Phi) is 5.37. The van der Waals surface area contributed by atoms with E-state index >= 15 is 0 Å². The summed E-state index contributed by atoms with van der Waals surface area (Å²) < 4.78 is 32.7. The summed E-state index contributed by atoms with van der Waals surface area (Å²) in [4.78, 5) is 6.35. The molecule has 0 aromatic carbocycles. The van der Waals surface area contributed by atoms with Crippen molar-refractivity contribution in [2.24, 2.45) is 0 Å². The van der Waals surface area contributed by atoms with Gasteiger partial charge in [0.05, 0.1) is 18.6 Å². The smallest absolute Gasteiger partial charge is 0.242 e. The minimum absolute atomic E-state index is 0.0268. The van der Waals surface area contributed by atoms with Crippen LogP contribution in [0.5, 0.6) is 0 Å². The van der Waals surface area contributed by atoms with Gasteiger partial charge in [0.2, 0.25) is 10.0 Å². The molecule has 6 nitrogen and oxygen atoms in total. The van der Waals surface area contributed by atoms with Crippen molar-refractivity contribution in [1.29, 1.82) is 0 Å². The van der Waals surface area contributed by atoms with Crippen molar-refractivity contribution in [2.75, 3.05) is 31.1 Å². The van der Waals surface area contributed by atoms with Crippen molar-refractivity contribution in [1.82, 2.24) is 14.6 Å². The third-order valence-electron chi connectivity index (χ3n) is 3.83. The zero-order valence-electron chi connectivity index (χ0n) is 12.6. The number of rotatable bonds is 6. The predicted octanol–water partition coefficient (Wildman–Crippen LogP) is 1.74. The Bertz CT molecular complexity index is 699. The first-order valence-corrected chi connectivity index (χ1v) is 10.0. The Morgan fingerprint density at radius 1 is 1.35 bits per heavy atom. The number of pyridine rings is 1. The van der Waals surface area contributed by atoms with E-state index in [9.17, 15) is 8.42 Å². The third kappa shape index (κ3) is 4.14. The number of nitrogens with zero attached hydrogens (tertiary/aromatic N) is 2. The fourth-order valence-corrected chi connectivity index (χ4v) is 4.52. The van der Waals surface area contributed by atoms with Crippen LogP contribution in [0.1, 0.15) is 11.6 Å². The lowest BCUT2D eigenvalue weighted by molar-refractivity contribution is 0.218. The minimum atomic E-state index is -3.56. The summed E-state index contributed by atoms with van der Waals surface area (Å²) in [6.45, 7) is 2.19. The van der Waals surface area contributed by atoms with Crippen LogP contribution in [0.15, 0.2) is 52.4 Å². The van der Waals surface area contributed by atoms with Gasteiger partial charge < -0.3 is 4.42 Å². The molecule has 1 aliphatic rings. The van der Waals surface area contributed by atoms with E-state index in [4.69, 9.17) is 4.42 Å². The van der Waals surface area contributed by atoms with Crippen molar-refractivity contribution in [3.8, 4) is 0 Å². The highest BCUT2D eigenvalue weighted by molar-refractivity contribution is 7.99. The van der Waals surface area contributed by atoms with Crippen molar-refractivity contribution < 1.29 is 12.8 Å². The van der Waals surface area contributed by atoms with Gasteiger partial charge in [0.1, 0.15) is 4.90 Å². The molecule has 3 rings (SSSR count). The first kappa shape index (κ1) is 16.5. The van der Waals surface area contributed by atoms with Crippen LogP contribution in [0.2, 0.25) is 0 Å². The predicted molar refractivity (Wildman–Crippen MR) is 89.8 cm³/mol. The van der Waals surface area contributed by atoms with E-state index < -0.39 is 10.0 Å². The minimum Gasteiger partial charge on any atom is -0.472 e. The summed E-state index contributed by atoms with van der Waals surface area (Å²) in [7, 11) is -3.56. The molecule has 0 aliphatic carbocycles. The Morgan fingerprint density at radius 2 is 2.17 bits per heavy atom. The molecule has 2 aromatic heterocycles. The number of nitrogens with one attached hydrogen (secondary N) is 1. The highest BCUT2D eigenvalue weighted by Gasteiger charge is 2.25. The van der Waals surface area contributed by atoms with Gasteiger partial charge in [-0.05, 0) is 18.2 Å². The van der Waals surface area contributed by atoms with Gasteiger partial charge in [0, 0.05) is 49.1 Å². The summed E-state index contributed by atoms with van der Waals surface area (Å²) >= 11 is 1.92. The lowest BCUT2D eigenvalue weighted by Gasteiger charge is -2.33. The van der Waals surface area contributed by atoms with Gasteiger partial charge in [-0.25, -0.2) is 13.1 Å². The molecular weight excluding hydrogens is 334 g/mol. The van der Waals surface area contributed by atoms with Crippen LogP contribution >= 0.6 is 11.8 Å². The quantitative estimate of drug-likeness (QED) is 0.853. The molecule has 2 aromatic rings. The lowest BCUT2D eigenvalue weighted by Crippen LogP contribution is -2.41. The Labute approximate surface area is 140 Å². The molecule has 3 heterocycles. The summed E-state index contributed by atoms with van der Waals surface area (Å²) in [5.74, 6) is 2.12. The second-order valence-corrected chi connectivity index (χ2v) is 8.25. The standard InChI is InChI=1S/C15H19N3O3S2/c19-23(20,14-2-1-4-16-10-14)17-11-15(13-3-7-21-12-13)18-5-8-22-9-6-18/h1-4,7,10,12,15,17H,5-6,8-9,11H2/t15-/m1/s1. The van der Waals surface area contributed by atoms with Crippen LogP contribution in [0.4, 0.5) is 0 Å². The molecule has 0 spiro atoms. The van der Waals surface area contributed by atoms with Crippen molar-refractivity contribution in [3.05, 3.63) is 48.7 Å². The molecule has 1 atom stereocenters. The molecule has 8 heteroatoms. The number of thioether (sulfide) groups is 1. The van der Waals surface area contributed by atoms with Crippen molar-refractivity contribution >= 4 is 21.8 Å². The van der Waals surface area contributed by atoms with Gasteiger partial charge in [-0.1, -0.05) is 0 Å². The van der Waals surface area contributed by atoms with Crippen LogP contribution in [0, 0.1) is 0 Å². The van der Waals surface area contributed by atoms with E-state index in [0.29, 0.717) is 6.54 Å². The monoisotopic (exact) mass is 353 g/mol. The second-order valence-electron chi connectivity index (χ2n) is 5.26. The van der Waals surface area contributed by atoms with Gasteiger partial charge in [-0.15, -0.1) is 0 Å². The zero-order valence-corrected chi connectivity index (χ0v) is 14.2. The number of aromatic nitrogens is 1. The topological polar surface area (TPSA) is 75.4 Å². The van der Waals surface area contributed by atoms with Crippen LogP contribution in [0.3, 0.4) is 0 Å². The molecule has 0 unspecified atom stereocenters. The van der Waals surface area contributed by atoms with E-state index in [1.165, 1.54) is 6.20 Å². The first-order chi connectivity index (χ1) is 11.2. The molecule has 0 saturated carbocycles. The molecular formula is C15H19N3O3S2. The summed E-state index contributed by atoms with van der Waals surface area (Å²) in [5, 5.41) is 0. The molecule has 1 saturated heterocycles. The molecule has 1 N–H and O–H groups in total. The van der Waals surface area contributed by atoms with Gasteiger partial charge in [0.25, 0.3) is 0 Å². The highest BCUT2D eigenvalue weighted by atomic mass is 32.2. The number of hydrogen-bond donors (Lipinski definition) is 1. The average molecular weight is 353 g/mol. The van der Waals surface area contributed by atoms with Crippen LogP contribution in [-0.4, -0.2) is 49.4 Å². The van der Waals surface area contributed by atoms with Gasteiger partial charge in [-0.2, -0.15) is 11.8 Å². The molecule has 1 aliphatic heterocycles. The SMILES string of the molecule is O=S(=O)(NC[C@H](c1ccoc1)N1CCSCC1)c1cccnc1. The lowest BCUT2D eigenvalue weighted by atomic mass is 10.1. The number of hydrogen-bond acceptors (Lipinski definition) is 6. The van der Waals surface area contributed by atoms with E-state index in [-0.39, 0.29) is 10.9 Å². The molecule has 0 radical (unpaired) electrons. The number of sulfonamides is 1. The summed E-state index contributed by atoms with van der Waals surface area (Å²) in [6, 6.07) is 5.02. The van der Waals surface area contributed by atoms with Crippen LogP contribution in [0.25, 0.3) is 0 Å². The summed E-state index contributed by atoms with van der Waals surface area (Å²) in [6.07, 6.45) is 6.22. The molecule has 1 fully saturated rings. The summed E-state index contributed by atoms with van der Waals surface area (Å²) in [5.41, 5.74) is 0.991. The van der Waals surface area contributed by atoms with Crippen molar-refractivity contribution in [3.63, 3.8) is 0 Å². The normalized spacial score (nSPS) is 17.9. The second kappa shape index (κ2) is 7.48. The molecule has 0 bridgehead atoms. The van der Waals surface area contributed by atoms with Gasteiger partial charge in [0.15, 0.2) is 0 Å². The Morgan fingerprint density at radius 3 is 2.83 bits per heavy atom. The first-order valence-electron chi connectivity index (χ1n) is 7.40. The van der Waals surface area contributed by atoms with E-state index in [1.807, 2.05) is 17.8 Å². The van der Waals surface area contributed by atoms with Crippen LogP contribution < -0.4 is 4.72 Å². The van der Waals surface area contributed by atoms with E-state index in [1.54, 1.807) is 30.9 Å². The van der Waals surface area contributed by atoms with E-state index in [2.05, 4.69) is 14.6 Å². The maximum Gasteiger partial charge on any atom is 0.242 e. The average Bonchev–Trinajstić information content (AvgIpc) is 3.11. The fraction of sp³-hybridized carbons (Fsp3) is 0.400. The number of furan rings is 1. The maximum absolute atomic E-state index is 12.4. The molecule has 0 amide bonds. The largest absolute Gasteiger partial charge is 0.472 e. The zero-order chi connectivity index (χ0) is 16.1. The van der Waals surface area contributed by atoms with E-state index in [0.717, 1.165) is 30.2 Å². The highest BCUT2D eigenvalue weighted by Crippen LogP contribution is 2.24. The molecule has 23 heavy (non-hydrogen) atoms. The van der Waals surface area contributed by atoms with Gasteiger partial charge in [-0.3, -0.25) is 9.88 Å². The van der Waals surface area contributed by atoms with Crippen LogP contribution in [-0.2, 0) is 10.0 Å². The fourth-order valence-electron chi connectivity index (χ4n) is 2.59. The Hall–Kier alpha value is -1.35. The Balaban J connectivity index is 1.74.